The van der Waals surface area contributed by atoms with Crippen LogP contribution < -0.4 is 0 Å². The van der Waals surface area contributed by atoms with Crippen LogP contribution in [-0.2, 0) is 4.74 Å². The molecule has 0 atom stereocenters. The Bertz CT molecular complexity index is 441. The first-order valence-electron chi connectivity index (χ1n) is 5.96. The van der Waals surface area contributed by atoms with Gasteiger partial charge in [0.1, 0.15) is 11.5 Å². The molecule has 0 spiro atoms. The van der Waals surface area contributed by atoms with Gasteiger partial charge >= 0.3 is 0 Å². The number of hydrogen-bond acceptors (Lipinski definition) is 4. The molecule has 5 heteroatoms. The van der Waals surface area contributed by atoms with Gasteiger partial charge in [-0.25, -0.2) is 0 Å². The molecule has 5 nitrogen and oxygen atoms in total. The maximum Gasteiger partial charge on any atom is 0.257 e. The van der Waals surface area contributed by atoms with E-state index < -0.39 is 0 Å². The molecule has 0 bridgehead atoms. The first-order chi connectivity index (χ1) is 8.59. The Labute approximate surface area is 106 Å². The van der Waals surface area contributed by atoms with E-state index in [0.29, 0.717) is 13.2 Å². The molecule has 2 N–H and O–H groups in total. The average molecular weight is 251 g/mol. The van der Waals surface area contributed by atoms with Gasteiger partial charge in [0.05, 0.1) is 5.56 Å². The predicted molar refractivity (Wildman–Crippen MR) is 65.7 cm³/mol. The number of carbonyl (C=O) groups is 1. The van der Waals surface area contributed by atoms with Crippen LogP contribution in [0.5, 0.6) is 11.5 Å². The van der Waals surface area contributed by atoms with E-state index in [0.717, 1.165) is 12.8 Å². The third kappa shape index (κ3) is 2.56. The second-order valence-corrected chi connectivity index (χ2v) is 4.46. The van der Waals surface area contributed by atoms with Crippen molar-refractivity contribution in [1.29, 1.82) is 0 Å². The van der Waals surface area contributed by atoms with Crippen molar-refractivity contribution in [1.82, 2.24) is 4.90 Å². The molecular weight excluding hydrogens is 234 g/mol. The fourth-order valence-corrected chi connectivity index (χ4v) is 2.13. The number of nitrogens with zero attached hydrogens (tertiary/aromatic N) is 1. The molecular formula is C13H17NO4. The lowest BCUT2D eigenvalue weighted by atomic mass is 10.1. The van der Waals surface area contributed by atoms with E-state index in [1.54, 1.807) is 11.9 Å². The predicted octanol–water partition coefficient (Wildman–Crippen LogP) is 1.35. The highest BCUT2D eigenvalue weighted by atomic mass is 16.5. The van der Waals surface area contributed by atoms with Gasteiger partial charge in [-0.1, -0.05) is 0 Å². The van der Waals surface area contributed by atoms with Crippen molar-refractivity contribution in [3.05, 3.63) is 23.8 Å². The van der Waals surface area contributed by atoms with Crippen LogP contribution in [0.4, 0.5) is 0 Å². The molecule has 1 amide bonds. The van der Waals surface area contributed by atoms with Gasteiger partial charge in [-0.05, 0) is 25.0 Å². The summed E-state index contributed by atoms with van der Waals surface area (Å²) in [5, 5.41) is 18.9. The summed E-state index contributed by atoms with van der Waals surface area (Å²) in [6.45, 7) is 1.31. The Morgan fingerprint density at radius 3 is 2.61 bits per heavy atom. The maximum absolute atomic E-state index is 12.2. The van der Waals surface area contributed by atoms with E-state index in [1.165, 1.54) is 18.2 Å². The van der Waals surface area contributed by atoms with Gasteiger partial charge < -0.3 is 19.8 Å². The third-order valence-corrected chi connectivity index (χ3v) is 3.27. The molecule has 1 aromatic rings. The fourth-order valence-electron chi connectivity index (χ4n) is 2.13. The van der Waals surface area contributed by atoms with Crippen molar-refractivity contribution >= 4 is 5.91 Å². The minimum Gasteiger partial charge on any atom is -0.508 e. The SMILES string of the molecule is CN(C(=O)c1ccc(O)cc1O)C1CCOCC1. The summed E-state index contributed by atoms with van der Waals surface area (Å²) >= 11 is 0. The van der Waals surface area contributed by atoms with Crippen molar-refractivity contribution in [3.63, 3.8) is 0 Å². The van der Waals surface area contributed by atoms with E-state index in [-0.39, 0.29) is 29.0 Å². The van der Waals surface area contributed by atoms with Gasteiger partial charge in [-0.3, -0.25) is 4.79 Å². The maximum atomic E-state index is 12.2. The molecule has 2 rings (SSSR count). The van der Waals surface area contributed by atoms with Crippen molar-refractivity contribution in [2.75, 3.05) is 20.3 Å². The second-order valence-electron chi connectivity index (χ2n) is 4.46. The Balaban J connectivity index is 2.14. The molecule has 1 aliphatic rings. The summed E-state index contributed by atoms with van der Waals surface area (Å²) in [5.41, 5.74) is 0.210. The molecule has 1 aromatic carbocycles. The number of rotatable bonds is 2. The molecule has 0 aromatic heterocycles. The topological polar surface area (TPSA) is 70.0 Å². The lowest BCUT2D eigenvalue weighted by Crippen LogP contribution is -2.40. The van der Waals surface area contributed by atoms with Crippen LogP contribution in [0.15, 0.2) is 18.2 Å². The molecule has 98 valence electrons. The number of benzene rings is 1. The van der Waals surface area contributed by atoms with Crippen LogP contribution in [0.1, 0.15) is 23.2 Å². The van der Waals surface area contributed by atoms with Gasteiger partial charge in [0.15, 0.2) is 0 Å². The molecule has 18 heavy (non-hydrogen) atoms. The van der Waals surface area contributed by atoms with E-state index in [9.17, 15) is 15.0 Å². The lowest BCUT2D eigenvalue weighted by Gasteiger charge is -2.31. The average Bonchev–Trinajstić information content (AvgIpc) is 2.38. The zero-order chi connectivity index (χ0) is 13.1. The second kappa shape index (κ2) is 5.27. The first-order valence-corrected chi connectivity index (χ1v) is 5.96. The van der Waals surface area contributed by atoms with Crippen LogP contribution in [0.2, 0.25) is 0 Å². The Morgan fingerprint density at radius 2 is 2.00 bits per heavy atom. The van der Waals surface area contributed by atoms with E-state index in [1.807, 2.05) is 0 Å². The van der Waals surface area contributed by atoms with Gasteiger partial charge in [0, 0.05) is 32.4 Å². The number of phenolic OH excluding ortho intramolecular Hbond substituents is 2. The summed E-state index contributed by atoms with van der Waals surface area (Å²) < 4.78 is 5.25. The van der Waals surface area contributed by atoms with Crippen LogP contribution in [0.3, 0.4) is 0 Å². The van der Waals surface area contributed by atoms with Gasteiger partial charge in [-0.2, -0.15) is 0 Å². The summed E-state index contributed by atoms with van der Waals surface area (Å²) in [6, 6.07) is 4.14. The summed E-state index contributed by atoms with van der Waals surface area (Å²) in [7, 11) is 1.73. The van der Waals surface area contributed by atoms with Crippen molar-refractivity contribution < 1.29 is 19.7 Å². The summed E-state index contributed by atoms with van der Waals surface area (Å²) in [5.74, 6) is -0.490. The molecule has 1 aliphatic heterocycles. The number of amides is 1. The van der Waals surface area contributed by atoms with Crippen molar-refractivity contribution in [2.45, 2.75) is 18.9 Å². The van der Waals surface area contributed by atoms with Crippen LogP contribution in [0.25, 0.3) is 0 Å². The molecule has 1 fully saturated rings. The van der Waals surface area contributed by atoms with Crippen LogP contribution >= 0.6 is 0 Å². The van der Waals surface area contributed by atoms with E-state index in [4.69, 9.17) is 4.74 Å². The highest BCUT2D eigenvalue weighted by Crippen LogP contribution is 2.25. The number of ether oxygens (including phenoxy) is 1. The minimum atomic E-state index is -0.237. The molecule has 0 aliphatic carbocycles. The van der Waals surface area contributed by atoms with Gasteiger partial charge in [0.25, 0.3) is 5.91 Å². The molecule has 0 radical (unpaired) electrons. The minimum absolute atomic E-state index is 0.0576. The Hall–Kier alpha value is -1.75. The Kier molecular flexibility index (Phi) is 3.72. The van der Waals surface area contributed by atoms with Gasteiger partial charge in [0.2, 0.25) is 0 Å². The Morgan fingerprint density at radius 1 is 1.33 bits per heavy atom. The van der Waals surface area contributed by atoms with E-state index in [2.05, 4.69) is 0 Å². The highest BCUT2D eigenvalue weighted by molar-refractivity contribution is 5.97. The normalized spacial score (nSPS) is 16.5. The van der Waals surface area contributed by atoms with Gasteiger partial charge in [-0.15, -0.1) is 0 Å². The zero-order valence-corrected chi connectivity index (χ0v) is 10.3. The van der Waals surface area contributed by atoms with E-state index >= 15 is 0 Å². The standard InChI is InChI=1S/C13H17NO4/c1-14(9-4-6-18-7-5-9)13(17)11-3-2-10(15)8-12(11)16/h2-3,8-9,15-16H,4-7H2,1H3. The monoisotopic (exact) mass is 251 g/mol. The van der Waals surface area contributed by atoms with Crippen molar-refractivity contribution in [2.24, 2.45) is 0 Å². The largest absolute Gasteiger partial charge is 0.508 e. The third-order valence-electron chi connectivity index (χ3n) is 3.27. The molecule has 0 saturated carbocycles. The summed E-state index contributed by atoms with van der Waals surface area (Å²) in [4.78, 5) is 13.9. The number of aromatic hydroxyl groups is 2. The lowest BCUT2D eigenvalue weighted by molar-refractivity contribution is 0.0360. The molecule has 0 unspecified atom stereocenters. The molecule has 1 heterocycles. The van der Waals surface area contributed by atoms with Crippen LogP contribution in [-0.4, -0.2) is 47.3 Å². The first kappa shape index (κ1) is 12.7. The molecule has 1 saturated heterocycles. The number of hydrogen-bond donors (Lipinski definition) is 2. The van der Waals surface area contributed by atoms with Crippen LogP contribution in [0, 0.1) is 0 Å². The zero-order valence-electron chi connectivity index (χ0n) is 10.3. The smallest absolute Gasteiger partial charge is 0.257 e. The highest BCUT2D eigenvalue weighted by Gasteiger charge is 2.24. The summed E-state index contributed by atoms with van der Waals surface area (Å²) in [6.07, 6.45) is 1.61. The number of carbonyl (C=O) groups excluding carboxylic acids is 1. The van der Waals surface area contributed by atoms with Crippen molar-refractivity contribution in [3.8, 4) is 11.5 Å². The fraction of sp³-hybridized carbons (Fsp3) is 0.462. The quantitative estimate of drug-likeness (QED) is 0.832. The number of phenols is 2.